The van der Waals surface area contributed by atoms with Crippen molar-refractivity contribution < 1.29 is 19.4 Å². The highest BCUT2D eigenvalue weighted by atomic mass is 16.5. The number of carbonyl (C=O) groups excluding carboxylic acids is 1. The lowest BCUT2D eigenvalue weighted by atomic mass is 9.66. The van der Waals surface area contributed by atoms with Crippen LogP contribution in [0.4, 0.5) is 0 Å². The molecule has 2 N–H and O–H groups in total. The summed E-state index contributed by atoms with van der Waals surface area (Å²) in [6.45, 7) is 3.43. The summed E-state index contributed by atoms with van der Waals surface area (Å²) in [5, 5.41) is 12.0. The molecule has 2 saturated carbocycles. The molecule has 0 atom stereocenters. The van der Waals surface area contributed by atoms with Crippen LogP contribution in [0.2, 0.25) is 0 Å². The molecule has 0 bridgehead atoms. The van der Waals surface area contributed by atoms with E-state index in [9.17, 15) is 14.7 Å². The van der Waals surface area contributed by atoms with Gasteiger partial charge in [0.1, 0.15) is 0 Å². The average molecular weight is 283 g/mol. The topological polar surface area (TPSA) is 75.6 Å². The first kappa shape index (κ1) is 15.3. The second-order valence-corrected chi connectivity index (χ2v) is 6.17. The fourth-order valence-electron chi connectivity index (χ4n) is 3.14. The minimum absolute atomic E-state index is 0.118. The molecule has 0 aromatic heterocycles. The molecule has 20 heavy (non-hydrogen) atoms. The van der Waals surface area contributed by atoms with E-state index in [1.807, 2.05) is 6.92 Å². The van der Waals surface area contributed by atoms with Gasteiger partial charge >= 0.3 is 5.97 Å². The summed E-state index contributed by atoms with van der Waals surface area (Å²) in [5.74, 6) is -0.297. The van der Waals surface area contributed by atoms with Gasteiger partial charge in [-0.2, -0.15) is 0 Å². The van der Waals surface area contributed by atoms with Crippen LogP contribution in [0, 0.1) is 11.3 Å². The maximum Gasteiger partial charge on any atom is 0.310 e. The molecule has 114 valence electrons. The molecule has 0 heterocycles. The molecule has 0 unspecified atom stereocenters. The van der Waals surface area contributed by atoms with Crippen molar-refractivity contribution in [3.05, 3.63) is 0 Å². The number of aliphatic carboxylic acids is 1. The number of carboxylic acid groups (broad SMARTS) is 1. The van der Waals surface area contributed by atoms with Gasteiger partial charge in [0.15, 0.2) is 0 Å². The summed E-state index contributed by atoms with van der Waals surface area (Å²) >= 11 is 0. The van der Waals surface area contributed by atoms with Gasteiger partial charge in [0.25, 0.3) is 0 Å². The van der Waals surface area contributed by atoms with E-state index >= 15 is 0 Å². The van der Waals surface area contributed by atoms with Crippen molar-refractivity contribution in [1.29, 1.82) is 0 Å². The van der Waals surface area contributed by atoms with E-state index in [1.54, 1.807) is 0 Å². The minimum Gasteiger partial charge on any atom is -0.481 e. The Hall–Kier alpha value is -1.10. The summed E-state index contributed by atoms with van der Waals surface area (Å²) in [6.07, 6.45) is 5.87. The third kappa shape index (κ3) is 3.51. The quantitative estimate of drug-likeness (QED) is 0.714. The molecular weight excluding hydrogens is 258 g/mol. The van der Waals surface area contributed by atoms with Crippen LogP contribution < -0.4 is 5.32 Å². The lowest BCUT2D eigenvalue weighted by molar-refractivity contribution is -0.157. The molecule has 5 heteroatoms. The first-order valence-corrected chi connectivity index (χ1v) is 7.67. The van der Waals surface area contributed by atoms with Gasteiger partial charge in [-0.3, -0.25) is 9.59 Å². The number of amides is 1. The Balaban J connectivity index is 1.58. The van der Waals surface area contributed by atoms with E-state index in [4.69, 9.17) is 4.74 Å². The summed E-state index contributed by atoms with van der Waals surface area (Å²) < 4.78 is 5.50. The zero-order valence-corrected chi connectivity index (χ0v) is 12.2. The van der Waals surface area contributed by atoms with Crippen LogP contribution in [0.1, 0.15) is 51.9 Å². The Morgan fingerprint density at radius 1 is 1.35 bits per heavy atom. The Bertz CT molecular complexity index is 359. The summed E-state index contributed by atoms with van der Waals surface area (Å²) in [6, 6.07) is 0. The number of rotatable bonds is 8. The number of hydrogen-bond acceptors (Lipinski definition) is 3. The molecule has 0 aromatic rings. The van der Waals surface area contributed by atoms with Crippen LogP contribution in [0.5, 0.6) is 0 Å². The highest BCUT2D eigenvalue weighted by Gasteiger charge is 2.45. The zero-order valence-electron chi connectivity index (χ0n) is 12.2. The van der Waals surface area contributed by atoms with Gasteiger partial charge in [0.2, 0.25) is 5.91 Å². The third-order valence-corrected chi connectivity index (χ3v) is 4.73. The van der Waals surface area contributed by atoms with Crippen LogP contribution in [0.3, 0.4) is 0 Å². The fraction of sp³-hybridized carbons (Fsp3) is 0.867. The monoisotopic (exact) mass is 283 g/mol. The highest BCUT2D eigenvalue weighted by molar-refractivity contribution is 5.85. The second kappa shape index (κ2) is 6.57. The SMILES string of the molecule is CCOC1CC(CCNC(=O)CC2(C(=O)O)CCC2)C1. The standard InChI is InChI=1S/C15H25NO4/c1-2-20-12-8-11(9-12)4-7-16-13(17)10-15(14(18)19)5-3-6-15/h11-12H,2-10H2,1H3,(H,16,17)(H,18,19). The normalized spacial score (nSPS) is 27.2. The molecule has 0 saturated heterocycles. The molecule has 0 spiro atoms. The van der Waals surface area contributed by atoms with Crippen LogP contribution in [-0.2, 0) is 14.3 Å². The van der Waals surface area contributed by atoms with E-state index in [1.165, 1.54) is 0 Å². The molecule has 2 rings (SSSR count). The smallest absolute Gasteiger partial charge is 0.310 e. The number of carboxylic acids is 1. The maximum atomic E-state index is 11.8. The minimum atomic E-state index is -0.822. The van der Waals surface area contributed by atoms with Gasteiger partial charge in [-0.25, -0.2) is 0 Å². The summed E-state index contributed by atoms with van der Waals surface area (Å²) in [7, 11) is 0. The molecule has 0 aromatic carbocycles. The van der Waals surface area contributed by atoms with Crippen LogP contribution in [-0.4, -0.2) is 36.2 Å². The van der Waals surface area contributed by atoms with E-state index in [2.05, 4.69) is 5.32 Å². The number of hydrogen-bond donors (Lipinski definition) is 2. The van der Waals surface area contributed by atoms with Gasteiger partial charge in [-0.05, 0) is 44.9 Å². The predicted octanol–water partition coefficient (Wildman–Crippen LogP) is 1.95. The van der Waals surface area contributed by atoms with Gasteiger partial charge in [0.05, 0.1) is 11.5 Å². The molecule has 2 aliphatic rings. The Morgan fingerprint density at radius 2 is 2.05 bits per heavy atom. The second-order valence-electron chi connectivity index (χ2n) is 6.17. The fourth-order valence-corrected chi connectivity index (χ4v) is 3.14. The van der Waals surface area contributed by atoms with Crippen molar-refractivity contribution in [2.75, 3.05) is 13.2 Å². The van der Waals surface area contributed by atoms with Crippen molar-refractivity contribution >= 4 is 11.9 Å². The van der Waals surface area contributed by atoms with Crippen molar-refractivity contribution in [3.8, 4) is 0 Å². The number of nitrogens with one attached hydrogen (secondary N) is 1. The van der Waals surface area contributed by atoms with E-state index < -0.39 is 11.4 Å². The first-order valence-electron chi connectivity index (χ1n) is 7.67. The third-order valence-electron chi connectivity index (χ3n) is 4.73. The lowest BCUT2D eigenvalue weighted by Crippen LogP contribution is -2.43. The van der Waals surface area contributed by atoms with Gasteiger partial charge in [-0.15, -0.1) is 0 Å². The molecule has 1 amide bonds. The Morgan fingerprint density at radius 3 is 2.55 bits per heavy atom. The van der Waals surface area contributed by atoms with Crippen molar-refractivity contribution in [3.63, 3.8) is 0 Å². The van der Waals surface area contributed by atoms with Crippen LogP contribution in [0.25, 0.3) is 0 Å². The largest absolute Gasteiger partial charge is 0.481 e. The Labute approximate surface area is 120 Å². The summed E-state index contributed by atoms with van der Waals surface area (Å²) in [5.41, 5.74) is -0.777. The van der Waals surface area contributed by atoms with E-state index in [0.29, 0.717) is 31.4 Å². The molecule has 5 nitrogen and oxygen atoms in total. The van der Waals surface area contributed by atoms with Gasteiger partial charge < -0.3 is 15.2 Å². The van der Waals surface area contributed by atoms with Gasteiger partial charge in [-0.1, -0.05) is 6.42 Å². The molecule has 0 radical (unpaired) electrons. The predicted molar refractivity (Wildman–Crippen MR) is 74.3 cm³/mol. The maximum absolute atomic E-state index is 11.8. The highest BCUT2D eigenvalue weighted by Crippen LogP contribution is 2.44. The van der Waals surface area contributed by atoms with Crippen molar-refractivity contribution in [2.24, 2.45) is 11.3 Å². The lowest BCUT2D eigenvalue weighted by Gasteiger charge is -2.37. The van der Waals surface area contributed by atoms with E-state index in [-0.39, 0.29) is 12.3 Å². The van der Waals surface area contributed by atoms with Gasteiger partial charge in [0, 0.05) is 19.6 Å². The first-order chi connectivity index (χ1) is 9.55. The molecule has 2 fully saturated rings. The van der Waals surface area contributed by atoms with Crippen molar-refractivity contribution in [2.45, 2.75) is 58.0 Å². The molecule has 2 aliphatic carbocycles. The number of ether oxygens (including phenoxy) is 1. The van der Waals surface area contributed by atoms with E-state index in [0.717, 1.165) is 32.3 Å². The molecular formula is C15H25NO4. The van der Waals surface area contributed by atoms with Crippen LogP contribution in [0.15, 0.2) is 0 Å². The molecule has 0 aliphatic heterocycles. The van der Waals surface area contributed by atoms with Crippen LogP contribution >= 0.6 is 0 Å². The average Bonchev–Trinajstić information content (AvgIpc) is 2.30. The number of carbonyl (C=O) groups is 2. The zero-order chi connectivity index (χ0) is 14.6. The summed E-state index contributed by atoms with van der Waals surface area (Å²) in [4.78, 5) is 23.0. The Kier molecular flexibility index (Phi) is 5.02. The van der Waals surface area contributed by atoms with Crippen molar-refractivity contribution in [1.82, 2.24) is 5.32 Å².